The van der Waals surface area contributed by atoms with Crippen LogP contribution in [0.2, 0.25) is 0 Å². The largest absolute Gasteiger partial charge is 0.342 e. The third-order valence-corrected chi connectivity index (χ3v) is 7.49. The number of piperidine rings is 1. The van der Waals surface area contributed by atoms with Crippen molar-refractivity contribution in [2.24, 2.45) is 4.99 Å². The van der Waals surface area contributed by atoms with E-state index < -0.39 is 16.1 Å². The summed E-state index contributed by atoms with van der Waals surface area (Å²) in [6.07, 6.45) is 3.35. The molecular formula is C21H29N5O4S. The van der Waals surface area contributed by atoms with Crippen LogP contribution in [0.4, 0.5) is 0 Å². The zero-order chi connectivity index (χ0) is 22.0. The lowest BCUT2D eigenvalue weighted by Gasteiger charge is -2.36. The van der Waals surface area contributed by atoms with Crippen molar-refractivity contribution in [1.29, 1.82) is 0 Å². The molecule has 0 radical (unpaired) electrons. The first-order chi connectivity index (χ1) is 14.8. The highest BCUT2D eigenvalue weighted by atomic mass is 32.2. The minimum atomic E-state index is -3.63. The molecule has 31 heavy (non-hydrogen) atoms. The summed E-state index contributed by atoms with van der Waals surface area (Å²) < 4.78 is 26.9. The average molecular weight is 448 g/mol. The van der Waals surface area contributed by atoms with Gasteiger partial charge in [0, 0.05) is 44.8 Å². The number of piperazine rings is 1. The van der Waals surface area contributed by atoms with Crippen LogP contribution >= 0.6 is 0 Å². The van der Waals surface area contributed by atoms with E-state index in [4.69, 9.17) is 0 Å². The number of carbonyl (C=O) groups is 2. The van der Waals surface area contributed by atoms with E-state index in [0.29, 0.717) is 38.3 Å². The van der Waals surface area contributed by atoms with Crippen LogP contribution in [0.1, 0.15) is 31.7 Å². The van der Waals surface area contributed by atoms with Crippen molar-refractivity contribution < 1.29 is 18.0 Å². The quantitative estimate of drug-likeness (QED) is 0.714. The second-order valence-electron chi connectivity index (χ2n) is 8.30. The zero-order valence-electron chi connectivity index (χ0n) is 17.8. The molecule has 2 amide bonds. The first-order valence-corrected chi connectivity index (χ1v) is 12.3. The summed E-state index contributed by atoms with van der Waals surface area (Å²) in [7, 11) is -3.63. The van der Waals surface area contributed by atoms with Crippen molar-refractivity contribution in [2.75, 3.05) is 45.8 Å². The molecule has 9 nitrogen and oxygen atoms in total. The molecule has 0 spiro atoms. The molecular weight excluding hydrogens is 418 g/mol. The number of hydrogen-bond acceptors (Lipinski definition) is 6. The lowest BCUT2D eigenvalue weighted by atomic mass is 10.1. The van der Waals surface area contributed by atoms with Gasteiger partial charge in [0.25, 0.3) is 10.0 Å². The Labute approximate surface area is 183 Å². The normalized spacial score (nSPS) is 23.3. The Morgan fingerprint density at radius 1 is 1.00 bits per heavy atom. The monoisotopic (exact) mass is 447 g/mol. The predicted octanol–water partition coefficient (Wildman–Crippen LogP) is 0.270. The van der Waals surface area contributed by atoms with Crippen LogP contribution in [-0.4, -0.2) is 92.6 Å². The van der Waals surface area contributed by atoms with E-state index in [9.17, 15) is 18.0 Å². The highest BCUT2D eigenvalue weighted by molar-refractivity contribution is 7.90. The Morgan fingerprint density at radius 3 is 2.39 bits per heavy atom. The Morgan fingerprint density at radius 2 is 1.68 bits per heavy atom. The fourth-order valence-electron chi connectivity index (χ4n) is 4.30. The van der Waals surface area contributed by atoms with Gasteiger partial charge in [0.05, 0.1) is 11.4 Å². The molecule has 1 aromatic carbocycles. The number of benzene rings is 1. The van der Waals surface area contributed by atoms with Crippen molar-refractivity contribution in [3.63, 3.8) is 0 Å². The summed E-state index contributed by atoms with van der Waals surface area (Å²) in [5.74, 6) is 0.242. The Hall–Kier alpha value is -2.46. The van der Waals surface area contributed by atoms with Gasteiger partial charge in [-0.1, -0.05) is 12.1 Å². The minimum Gasteiger partial charge on any atom is -0.342 e. The van der Waals surface area contributed by atoms with Crippen LogP contribution < -0.4 is 4.72 Å². The van der Waals surface area contributed by atoms with Gasteiger partial charge < -0.3 is 9.80 Å². The number of fused-ring (bicyclic) bond motifs is 1. The van der Waals surface area contributed by atoms with E-state index in [-0.39, 0.29) is 22.5 Å². The third kappa shape index (κ3) is 4.74. The van der Waals surface area contributed by atoms with Crippen LogP contribution in [0, 0.1) is 0 Å². The molecule has 1 N–H and O–H groups in total. The maximum absolute atomic E-state index is 12.9. The number of hydrogen-bond donors (Lipinski definition) is 1. The molecule has 10 heteroatoms. The van der Waals surface area contributed by atoms with E-state index in [1.807, 2.05) is 4.90 Å². The zero-order valence-corrected chi connectivity index (χ0v) is 18.6. The average Bonchev–Trinajstić information content (AvgIpc) is 3.04. The first kappa shape index (κ1) is 21.8. The molecule has 168 valence electrons. The fraction of sp³-hybridized carbons (Fsp3) is 0.571. The molecule has 1 atom stereocenters. The summed E-state index contributed by atoms with van der Waals surface area (Å²) in [6.45, 7) is 6.13. The van der Waals surface area contributed by atoms with Crippen molar-refractivity contribution in [3.8, 4) is 0 Å². The van der Waals surface area contributed by atoms with Crippen molar-refractivity contribution in [3.05, 3.63) is 29.8 Å². The molecule has 4 rings (SSSR count). The van der Waals surface area contributed by atoms with Crippen molar-refractivity contribution in [1.82, 2.24) is 19.4 Å². The summed E-state index contributed by atoms with van der Waals surface area (Å²) in [4.78, 5) is 35.7. The van der Waals surface area contributed by atoms with Gasteiger partial charge in [0.1, 0.15) is 11.9 Å². The molecule has 0 bridgehead atoms. The van der Waals surface area contributed by atoms with Gasteiger partial charge in [-0.15, -0.1) is 0 Å². The molecule has 0 unspecified atom stereocenters. The second kappa shape index (κ2) is 8.96. The highest BCUT2D eigenvalue weighted by Crippen LogP contribution is 2.22. The number of carbonyl (C=O) groups excluding carboxylic acids is 2. The van der Waals surface area contributed by atoms with E-state index in [1.165, 1.54) is 12.5 Å². The van der Waals surface area contributed by atoms with Gasteiger partial charge in [0.2, 0.25) is 11.8 Å². The molecule has 3 aliphatic rings. The van der Waals surface area contributed by atoms with Crippen LogP contribution in [0.25, 0.3) is 0 Å². The predicted molar refractivity (Wildman–Crippen MR) is 116 cm³/mol. The first-order valence-electron chi connectivity index (χ1n) is 10.8. The number of sulfonamides is 1. The van der Waals surface area contributed by atoms with E-state index in [1.54, 1.807) is 30.0 Å². The minimum absolute atomic E-state index is 0.141. The Bertz CT molecular complexity index is 979. The maximum Gasteiger partial charge on any atom is 0.263 e. The van der Waals surface area contributed by atoms with Gasteiger partial charge in [-0.3, -0.25) is 24.2 Å². The van der Waals surface area contributed by atoms with Crippen LogP contribution in [0.15, 0.2) is 34.2 Å². The van der Waals surface area contributed by atoms with E-state index >= 15 is 0 Å². The Kier molecular flexibility index (Phi) is 6.29. The molecule has 2 fully saturated rings. The number of rotatable bonds is 4. The van der Waals surface area contributed by atoms with Crippen LogP contribution in [-0.2, 0) is 19.6 Å². The molecule has 1 aromatic rings. The smallest absolute Gasteiger partial charge is 0.263 e. The molecule has 0 aromatic heterocycles. The molecule has 0 aliphatic carbocycles. The van der Waals surface area contributed by atoms with Crippen molar-refractivity contribution in [2.45, 2.75) is 37.1 Å². The molecule has 3 heterocycles. The molecule has 2 saturated heterocycles. The number of amidine groups is 1. The summed E-state index contributed by atoms with van der Waals surface area (Å²) in [6, 6.07) is 5.90. The molecule has 0 saturated carbocycles. The van der Waals surface area contributed by atoms with E-state index in [0.717, 1.165) is 25.9 Å². The summed E-state index contributed by atoms with van der Waals surface area (Å²) >= 11 is 0. The number of aliphatic imine (C=N–C) groups is 1. The number of nitrogens with zero attached hydrogens (tertiary/aromatic N) is 4. The van der Waals surface area contributed by atoms with Crippen LogP contribution in [0.5, 0.6) is 0 Å². The van der Waals surface area contributed by atoms with Gasteiger partial charge in [-0.25, -0.2) is 8.42 Å². The topological polar surface area (TPSA) is 102 Å². The summed E-state index contributed by atoms with van der Waals surface area (Å²) in [5, 5.41) is 0. The third-order valence-electron chi connectivity index (χ3n) is 6.09. The van der Waals surface area contributed by atoms with Crippen molar-refractivity contribution >= 4 is 27.7 Å². The van der Waals surface area contributed by atoms with Gasteiger partial charge in [-0.2, -0.15) is 0 Å². The Balaban J connectivity index is 1.33. The highest BCUT2D eigenvalue weighted by Gasteiger charge is 2.32. The SMILES string of the molecule is C[C@H](N=C1NS(=O)(=O)c2ccccc21)C(=O)N1CCN(CC(=O)N2CCCCC2)CC1. The maximum atomic E-state index is 12.9. The standard InChI is InChI=1S/C21H29N5O4S/c1-16(22-20-17-7-3-4-8-18(17)31(29,30)23-20)21(28)26-13-11-24(12-14-26)15-19(27)25-9-5-2-6-10-25/h3-4,7-8,16H,2,5-6,9-15H2,1H3,(H,22,23)/t16-/m0/s1. The number of nitrogens with one attached hydrogen (secondary N) is 1. The lowest BCUT2D eigenvalue weighted by molar-refractivity contribution is -0.136. The number of amides is 2. The van der Waals surface area contributed by atoms with Gasteiger partial charge in [-0.05, 0) is 38.3 Å². The fourth-order valence-corrected chi connectivity index (χ4v) is 5.54. The second-order valence-corrected chi connectivity index (χ2v) is 9.95. The number of likely N-dealkylation sites (tertiary alicyclic amines) is 1. The van der Waals surface area contributed by atoms with E-state index in [2.05, 4.69) is 14.6 Å². The summed E-state index contributed by atoms with van der Waals surface area (Å²) in [5.41, 5.74) is 0.489. The lowest BCUT2D eigenvalue weighted by Crippen LogP contribution is -2.53. The van der Waals surface area contributed by atoms with Gasteiger partial charge in [0.15, 0.2) is 0 Å². The van der Waals surface area contributed by atoms with Crippen LogP contribution in [0.3, 0.4) is 0 Å². The van der Waals surface area contributed by atoms with Gasteiger partial charge >= 0.3 is 0 Å². The molecule has 3 aliphatic heterocycles.